The molecule has 19 heavy (non-hydrogen) atoms. The first-order chi connectivity index (χ1) is 8.92. The number of hydrogen-bond acceptors (Lipinski definition) is 3. The highest BCUT2D eigenvalue weighted by Crippen LogP contribution is 2.38. The van der Waals surface area contributed by atoms with Crippen LogP contribution in [0.5, 0.6) is 0 Å². The number of halogens is 1. The zero-order valence-electron chi connectivity index (χ0n) is 10.4. The highest BCUT2D eigenvalue weighted by atomic mass is 32.2. The van der Waals surface area contributed by atoms with Gasteiger partial charge in [-0.05, 0) is 43.7 Å². The molecular formula is C13H14FNO3S. The summed E-state index contributed by atoms with van der Waals surface area (Å²) in [6, 6.07) is 3.31. The Morgan fingerprint density at radius 2 is 2.21 bits per heavy atom. The molecule has 1 aliphatic rings. The highest BCUT2D eigenvalue weighted by molar-refractivity contribution is 8.01. The van der Waals surface area contributed by atoms with E-state index >= 15 is 0 Å². The van der Waals surface area contributed by atoms with E-state index in [9.17, 15) is 14.0 Å². The van der Waals surface area contributed by atoms with Crippen molar-refractivity contribution in [3.05, 3.63) is 29.6 Å². The molecule has 0 saturated carbocycles. The van der Waals surface area contributed by atoms with E-state index in [1.807, 2.05) is 6.92 Å². The Balaban J connectivity index is 2.23. The Labute approximate surface area is 114 Å². The number of nitrogens with one attached hydrogen (secondary N) is 1. The average molecular weight is 283 g/mol. The maximum atomic E-state index is 13.0. The zero-order chi connectivity index (χ0) is 14.0. The van der Waals surface area contributed by atoms with Gasteiger partial charge in [-0.3, -0.25) is 4.79 Å². The summed E-state index contributed by atoms with van der Waals surface area (Å²) in [5.41, 5.74) is -0.104. The standard InChI is InChI=1S/C13H14FNO3S/c1-13(5-2-6-19-13)12(18)15-10-4-3-8(14)7-9(10)11(16)17/h3-4,7H,2,5-6H2,1H3,(H,15,18)(H,16,17). The van der Waals surface area contributed by atoms with Crippen LogP contribution >= 0.6 is 11.8 Å². The summed E-state index contributed by atoms with van der Waals surface area (Å²) < 4.78 is 12.5. The van der Waals surface area contributed by atoms with E-state index < -0.39 is 16.5 Å². The van der Waals surface area contributed by atoms with Crippen LogP contribution in [0.4, 0.5) is 10.1 Å². The molecule has 6 heteroatoms. The fourth-order valence-corrected chi connectivity index (χ4v) is 3.23. The Morgan fingerprint density at radius 1 is 1.47 bits per heavy atom. The average Bonchev–Trinajstić information content (AvgIpc) is 2.79. The molecule has 0 aromatic heterocycles. The molecular weight excluding hydrogens is 269 g/mol. The lowest BCUT2D eigenvalue weighted by Gasteiger charge is -2.22. The van der Waals surface area contributed by atoms with E-state index in [1.54, 1.807) is 11.8 Å². The van der Waals surface area contributed by atoms with E-state index in [0.717, 1.165) is 30.7 Å². The zero-order valence-corrected chi connectivity index (χ0v) is 11.2. The van der Waals surface area contributed by atoms with Crippen LogP contribution in [0.2, 0.25) is 0 Å². The molecule has 0 aliphatic carbocycles. The van der Waals surface area contributed by atoms with Crippen molar-refractivity contribution >= 4 is 29.3 Å². The summed E-state index contributed by atoms with van der Waals surface area (Å²) in [4.78, 5) is 23.2. The molecule has 1 fully saturated rings. The van der Waals surface area contributed by atoms with Gasteiger partial charge in [0.2, 0.25) is 5.91 Å². The summed E-state index contributed by atoms with van der Waals surface area (Å²) in [7, 11) is 0. The van der Waals surface area contributed by atoms with Crippen molar-refractivity contribution in [2.24, 2.45) is 0 Å². The summed E-state index contributed by atoms with van der Waals surface area (Å²) in [5.74, 6) is -1.22. The minimum atomic E-state index is -1.26. The van der Waals surface area contributed by atoms with E-state index in [4.69, 9.17) is 5.11 Å². The van der Waals surface area contributed by atoms with Gasteiger partial charge in [0, 0.05) is 0 Å². The molecule has 1 aliphatic heterocycles. The topological polar surface area (TPSA) is 66.4 Å². The van der Waals surface area contributed by atoms with Crippen LogP contribution in [0.15, 0.2) is 18.2 Å². The molecule has 1 unspecified atom stereocenters. The second-order valence-electron chi connectivity index (χ2n) is 4.63. The van der Waals surface area contributed by atoms with E-state index in [-0.39, 0.29) is 17.2 Å². The molecule has 2 rings (SSSR count). The largest absolute Gasteiger partial charge is 0.478 e. The third-order valence-corrected chi connectivity index (χ3v) is 4.68. The number of thioether (sulfide) groups is 1. The van der Waals surface area contributed by atoms with E-state index in [1.165, 1.54) is 6.07 Å². The molecule has 1 heterocycles. The quantitative estimate of drug-likeness (QED) is 0.895. The van der Waals surface area contributed by atoms with Gasteiger partial charge in [0.05, 0.1) is 16.0 Å². The number of benzene rings is 1. The molecule has 0 radical (unpaired) electrons. The third-order valence-electron chi connectivity index (χ3n) is 3.16. The predicted molar refractivity (Wildman–Crippen MR) is 72.1 cm³/mol. The lowest BCUT2D eigenvalue weighted by atomic mass is 10.0. The number of aromatic carboxylic acids is 1. The molecule has 0 spiro atoms. The Kier molecular flexibility index (Phi) is 3.80. The van der Waals surface area contributed by atoms with Gasteiger partial charge in [0.25, 0.3) is 0 Å². The van der Waals surface area contributed by atoms with Crippen LogP contribution in [0.25, 0.3) is 0 Å². The fourth-order valence-electron chi connectivity index (χ4n) is 2.02. The number of carboxylic acids is 1. The smallest absolute Gasteiger partial charge is 0.337 e. The van der Waals surface area contributed by atoms with Crippen LogP contribution < -0.4 is 5.32 Å². The van der Waals surface area contributed by atoms with Crippen molar-refractivity contribution in [2.45, 2.75) is 24.5 Å². The van der Waals surface area contributed by atoms with Crippen LogP contribution in [0.3, 0.4) is 0 Å². The summed E-state index contributed by atoms with van der Waals surface area (Å²) in [5, 5.41) is 11.6. The predicted octanol–water partition coefficient (Wildman–Crippen LogP) is 2.75. The number of carboxylic acid groups (broad SMARTS) is 1. The monoisotopic (exact) mass is 283 g/mol. The SMILES string of the molecule is CC1(C(=O)Nc2ccc(F)cc2C(=O)O)CCCS1. The lowest BCUT2D eigenvalue weighted by Crippen LogP contribution is -2.35. The molecule has 1 atom stereocenters. The maximum Gasteiger partial charge on any atom is 0.337 e. The number of amides is 1. The van der Waals surface area contributed by atoms with Crippen molar-refractivity contribution < 1.29 is 19.1 Å². The first-order valence-electron chi connectivity index (χ1n) is 5.91. The summed E-state index contributed by atoms with van der Waals surface area (Å²) in [6.07, 6.45) is 1.72. The fraction of sp³-hybridized carbons (Fsp3) is 0.385. The molecule has 1 saturated heterocycles. The van der Waals surface area contributed by atoms with Gasteiger partial charge in [-0.1, -0.05) is 0 Å². The van der Waals surface area contributed by atoms with Crippen molar-refractivity contribution in [1.82, 2.24) is 0 Å². The van der Waals surface area contributed by atoms with Crippen LogP contribution in [0.1, 0.15) is 30.1 Å². The number of carbonyl (C=O) groups excluding carboxylic acids is 1. The second kappa shape index (κ2) is 5.21. The first-order valence-corrected chi connectivity index (χ1v) is 6.89. The van der Waals surface area contributed by atoms with Crippen LogP contribution in [-0.2, 0) is 4.79 Å². The van der Waals surface area contributed by atoms with Gasteiger partial charge >= 0.3 is 5.97 Å². The number of anilines is 1. The van der Waals surface area contributed by atoms with Gasteiger partial charge in [-0.15, -0.1) is 11.8 Å². The first kappa shape index (κ1) is 13.9. The summed E-state index contributed by atoms with van der Waals surface area (Å²) >= 11 is 1.56. The Morgan fingerprint density at radius 3 is 2.79 bits per heavy atom. The molecule has 0 bridgehead atoms. The van der Waals surface area contributed by atoms with Gasteiger partial charge in [-0.25, -0.2) is 9.18 Å². The van der Waals surface area contributed by atoms with Gasteiger partial charge in [-0.2, -0.15) is 0 Å². The van der Waals surface area contributed by atoms with Crippen LogP contribution in [0, 0.1) is 5.82 Å². The minimum absolute atomic E-state index is 0.132. The highest BCUT2D eigenvalue weighted by Gasteiger charge is 2.37. The Hall–Kier alpha value is -1.56. The van der Waals surface area contributed by atoms with E-state index in [0.29, 0.717) is 0 Å². The molecule has 102 valence electrons. The minimum Gasteiger partial charge on any atom is -0.478 e. The maximum absolute atomic E-state index is 13.0. The molecule has 1 amide bonds. The summed E-state index contributed by atoms with van der Waals surface area (Å²) in [6.45, 7) is 1.84. The normalized spacial score (nSPS) is 22.2. The molecule has 1 aromatic rings. The van der Waals surface area contributed by atoms with Crippen molar-refractivity contribution in [3.63, 3.8) is 0 Å². The number of rotatable bonds is 3. The lowest BCUT2D eigenvalue weighted by molar-refractivity contribution is -0.118. The Bertz CT molecular complexity index is 527. The van der Waals surface area contributed by atoms with Crippen molar-refractivity contribution in [3.8, 4) is 0 Å². The second-order valence-corrected chi connectivity index (χ2v) is 6.23. The van der Waals surface area contributed by atoms with Gasteiger partial charge in [0.15, 0.2) is 0 Å². The molecule has 1 aromatic carbocycles. The van der Waals surface area contributed by atoms with Crippen molar-refractivity contribution in [1.29, 1.82) is 0 Å². The van der Waals surface area contributed by atoms with Crippen molar-refractivity contribution in [2.75, 3.05) is 11.1 Å². The molecule has 4 nitrogen and oxygen atoms in total. The molecule has 2 N–H and O–H groups in total. The van der Waals surface area contributed by atoms with Crippen LogP contribution in [-0.4, -0.2) is 27.5 Å². The number of carbonyl (C=O) groups is 2. The van der Waals surface area contributed by atoms with E-state index in [2.05, 4.69) is 5.32 Å². The third kappa shape index (κ3) is 2.89. The van der Waals surface area contributed by atoms with Gasteiger partial charge in [0.1, 0.15) is 5.82 Å². The number of hydrogen-bond donors (Lipinski definition) is 2. The van der Waals surface area contributed by atoms with Gasteiger partial charge < -0.3 is 10.4 Å².